The van der Waals surface area contributed by atoms with Crippen LogP contribution in [0.25, 0.3) is 21.9 Å². The first-order chi connectivity index (χ1) is 16.2. The van der Waals surface area contributed by atoms with Crippen molar-refractivity contribution < 1.29 is 18.7 Å². The van der Waals surface area contributed by atoms with Crippen LogP contribution in [0.3, 0.4) is 0 Å². The Hall–Kier alpha value is -4.19. The van der Waals surface area contributed by atoms with Crippen molar-refractivity contribution in [2.75, 3.05) is 20.8 Å². The van der Waals surface area contributed by atoms with Gasteiger partial charge in [0.1, 0.15) is 5.58 Å². The number of fused-ring (bicyclic) bond motifs is 2. The number of aromatic nitrogens is 1. The topological polar surface area (TPSA) is 76.5 Å². The minimum absolute atomic E-state index is 0.181. The lowest BCUT2D eigenvalue weighted by Gasteiger charge is -2.21. The molecule has 2 heterocycles. The Balaban J connectivity index is 1.52. The lowest BCUT2D eigenvalue weighted by Crippen LogP contribution is -2.28. The van der Waals surface area contributed by atoms with E-state index in [0.717, 1.165) is 27.4 Å². The predicted octanol–water partition coefficient (Wildman–Crippen LogP) is 5.49. The van der Waals surface area contributed by atoms with Crippen LogP contribution >= 0.6 is 0 Å². The lowest BCUT2D eigenvalue weighted by atomic mass is 9.89. The van der Waals surface area contributed by atoms with Crippen molar-refractivity contribution in [1.82, 2.24) is 10.3 Å². The van der Waals surface area contributed by atoms with Crippen LogP contribution in [-0.4, -0.2) is 31.7 Å². The Kier molecular flexibility index (Phi) is 5.48. The third-order valence-corrected chi connectivity index (χ3v) is 5.92. The molecule has 1 unspecified atom stereocenters. The number of furan rings is 1. The van der Waals surface area contributed by atoms with Gasteiger partial charge in [-0.3, -0.25) is 4.79 Å². The summed E-state index contributed by atoms with van der Waals surface area (Å²) in [4.78, 5) is 16.3. The predicted molar refractivity (Wildman–Crippen MR) is 128 cm³/mol. The molecule has 0 aliphatic rings. The number of rotatable bonds is 7. The van der Waals surface area contributed by atoms with E-state index in [2.05, 4.69) is 16.4 Å². The highest BCUT2D eigenvalue weighted by atomic mass is 16.5. The van der Waals surface area contributed by atoms with Crippen LogP contribution in [0.2, 0.25) is 0 Å². The van der Waals surface area contributed by atoms with E-state index >= 15 is 0 Å². The minimum atomic E-state index is -0.266. The molecule has 0 radical (unpaired) electrons. The Morgan fingerprint density at radius 1 is 0.970 bits per heavy atom. The first-order valence-electron chi connectivity index (χ1n) is 10.7. The summed E-state index contributed by atoms with van der Waals surface area (Å²) >= 11 is 0. The molecule has 1 amide bonds. The van der Waals surface area contributed by atoms with Gasteiger partial charge in [0.2, 0.25) is 0 Å². The van der Waals surface area contributed by atoms with Gasteiger partial charge >= 0.3 is 0 Å². The molecule has 166 valence electrons. The SMILES string of the molecule is COc1cccc(C(CNC(=O)c2cc3ccccc3o2)c2c[nH]c3ccccc23)c1OC. The second kappa shape index (κ2) is 8.74. The van der Waals surface area contributed by atoms with Crippen molar-refractivity contribution in [1.29, 1.82) is 0 Å². The first kappa shape index (κ1) is 20.7. The number of carbonyl (C=O) groups is 1. The van der Waals surface area contributed by atoms with Crippen molar-refractivity contribution in [3.8, 4) is 11.5 Å². The number of para-hydroxylation sites is 3. The fraction of sp³-hybridized carbons (Fsp3) is 0.148. The molecule has 0 aliphatic carbocycles. The largest absolute Gasteiger partial charge is 0.493 e. The zero-order valence-electron chi connectivity index (χ0n) is 18.4. The van der Waals surface area contributed by atoms with Gasteiger partial charge in [-0.2, -0.15) is 0 Å². The summed E-state index contributed by atoms with van der Waals surface area (Å²) in [7, 11) is 3.24. The van der Waals surface area contributed by atoms with E-state index in [4.69, 9.17) is 13.9 Å². The quantitative estimate of drug-likeness (QED) is 0.351. The highest BCUT2D eigenvalue weighted by molar-refractivity contribution is 5.96. The van der Waals surface area contributed by atoms with Crippen molar-refractivity contribution in [3.05, 3.63) is 95.9 Å². The van der Waals surface area contributed by atoms with Crippen LogP contribution in [0.5, 0.6) is 11.5 Å². The van der Waals surface area contributed by atoms with Crippen LogP contribution in [0, 0.1) is 0 Å². The van der Waals surface area contributed by atoms with Crippen LogP contribution in [-0.2, 0) is 0 Å². The van der Waals surface area contributed by atoms with E-state index in [1.54, 1.807) is 20.3 Å². The van der Waals surface area contributed by atoms with E-state index in [1.165, 1.54) is 0 Å². The van der Waals surface area contributed by atoms with Crippen LogP contribution < -0.4 is 14.8 Å². The molecule has 0 spiro atoms. The summed E-state index contributed by atoms with van der Waals surface area (Å²) in [5.41, 5.74) is 3.70. The van der Waals surface area contributed by atoms with Crippen LogP contribution in [0.1, 0.15) is 27.6 Å². The normalized spacial score (nSPS) is 12.1. The van der Waals surface area contributed by atoms with Gasteiger partial charge in [0, 0.05) is 40.5 Å². The molecule has 5 aromatic rings. The average Bonchev–Trinajstić information content (AvgIpc) is 3.48. The Bertz CT molecular complexity index is 1400. The number of aromatic amines is 1. The fourth-order valence-corrected chi connectivity index (χ4v) is 4.33. The number of nitrogens with one attached hydrogen (secondary N) is 2. The third-order valence-electron chi connectivity index (χ3n) is 5.92. The van der Waals surface area contributed by atoms with Gasteiger partial charge in [0.05, 0.1) is 14.2 Å². The zero-order valence-corrected chi connectivity index (χ0v) is 18.4. The summed E-state index contributed by atoms with van der Waals surface area (Å²) in [6, 6.07) is 23.2. The van der Waals surface area contributed by atoms with E-state index in [-0.39, 0.29) is 17.6 Å². The van der Waals surface area contributed by atoms with Gasteiger partial charge in [-0.15, -0.1) is 0 Å². The molecule has 6 heteroatoms. The van der Waals surface area contributed by atoms with Crippen molar-refractivity contribution in [2.24, 2.45) is 0 Å². The maximum Gasteiger partial charge on any atom is 0.287 e. The number of methoxy groups -OCH3 is 2. The molecule has 5 rings (SSSR count). The van der Waals surface area contributed by atoms with E-state index < -0.39 is 0 Å². The summed E-state index contributed by atoms with van der Waals surface area (Å²) in [6.07, 6.45) is 1.99. The maximum atomic E-state index is 13.0. The molecule has 3 aromatic carbocycles. The van der Waals surface area contributed by atoms with Gasteiger partial charge in [-0.05, 0) is 29.8 Å². The summed E-state index contributed by atoms with van der Waals surface area (Å²) in [6.45, 7) is 0.348. The highest BCUT2D eigenvalue weighted by Crippen LogP contribution is 2.40. The Labute approximate surface area is 191 Å². The van der Waals surface area contributed by atoms with E-state index in [1.807, 2.05) is 66.9 Å². The number of benzene rings is 3. The highest BCUT2D eigenvalue weighted by Gasteiger charge is 2.25. The standard InChI is InChI=1S/C27H24N2O4/c1-31-24-13-7-10-19(26(24)32-2)21(20-15-28-22-11-5-4-9-18(20)22)16-29-27(30)25-14-17-8-3-6-12-23(17)33-25/h3-15,21,28H,16H2,1-2H3,(H,29,30). The van der Waals surface area contributed by atoms with E-state index in [0.29, 0.717) is 23.6 Å². The molecule has 1 atom stereocenters. The molecule has 6 nitrogen and oxygen atoms in total. The second-order valence-electron chi connectivity index (χ2n) is 7.78. The number of carbonyl (C=O) groups excluding carboxylic acids is 1. The van der Waals surface area contributed by atoms with Crippen LogP contribution in [0.4, 0.5) is 0 Å². The van der Waals surface area contributed by atoms with Gasteiger partial charge in [-0.1, -0.05) is 48.5 Å². The maximum absolute atomic E-state index is 13.0. The summed E-state index contributed by atoms with van der Waals surface area (Å²) < 4.78 is 17.0. The molecular weight excluding hydrogens is 416 g/mol. The number of ether oxygens (including phenoxy) is 2. The van der Waals surface area contributed by atoms with Crippen LogP contribution in [0.15, 0.2) is 83.4 Å². The number of amides is 1. The first-order valence-corrected chi connectivity index (χ1v) is 10.7. The van der Waals surface area contributed by atoms with Gasteiger partial charge in [-0.25, -0.2) is 0 Å². The molecule has 2 aromatic heterocycles. The molecule has 0 aliphatic heterocycles. The monoisotopic (exact) mass is 440 g/mol. The number of hydrogen-bond donors (Lipinski definition) is 2. The molecule has 0 saturated heterocycles. The zero-order chi connectivity index (χ0) is 22.8. The number of hydrogen-bond acceptors (Lipinski definition) is 4. The molecule has 0 saturated carbocycles. The average molecular weight is 440 g/mol. The van der Waals surface area contributed by atoms with Crippen molar-refractivity contribution in [2.45, 2.75) is 5.92 Å². The Morgan fingerprint density at radius 2 is 1.79 bits per heavy atom. The molecule has 33 heavy (non-hydrogen) atoms. The fourth-order valence-electron chi connectivity index (χ4n) is 4.33. The summed E-state index contributed by atoms with van der Waals surface area (Å²) in [5.74, 6) is 1.13. The molecule has 0 fully saturated rings. The number of H-pyrrole nitrogens is 1. The van der Waals surface area contributed by atoms with Gasteiger partial charge in [0.25, 0.3) is 5.91 Å². The lowest BCUT2D eigenvalue weighted by molar-refractivity contribution is 0.0927. The molecule has 2 N–H and O–H groups in total. The molecular formula is C27H24N2O4. The van der Waals surface area contributed by atoms with Crippen molar-refractivity contribution >= 4 is 27.8 Å². The summed E-state index contributed by atoms with van der Waals surface area (Å²) in [5, 5.41) is 5.04. The molecule has 0 bridgehead atoms. The smallest absolute Gasteiger partial charge is 0.287 e. The van der Waals surface area contributed by atoms with Gasteiger partial charge in [0.15, 0.2) is 17.3 Å². The van der Waals surface area contributed by atoms with E-state index in [9.17, 15) is 4.79 Å². The second-order valence-corrected chi connectivity index (χ2v) is 7.78. The Morgan fingerprint density at radius 3 is 2.61 bits per heavy atom. The van der Waals surface area contributed by atoms with Gasteiger partial charge < -0.3 is 24.2 Å². The van der Waals surface area contributed by atoms with Crippen molar-refractivity contribution in [3.63, 3.8) is 0 Å². The minimum Gasteiger partial charge on any atom is -0.493 e. The third kappa shape index (κ3) is 3.80.